The number of benzene rings is 1. The third-order valence-corrected chi connectivity index (χ3v) is 5.15. The summed E-state index contributed by atoms with van der Waals surface area (Å²) >= 11 is 0. The summed E-state index contributed by atoms with van der Waals surface area (Å²) in [6.45, 7) is 16.8. The normalized spacial score (nSPS) is 16.3. The van der Waals surface area contributed by atoms with Crippen LogP contribution in [0.4, 0.5) is 0 Å². The van der Waals surface area contributed by atoms with E-state index in [1.807, 2.05) is 13.2 Å². The van der Waals surface area contributed by atoms with Crippen molar-refractivity contribution in [2.45, 2.75) is 52.7 Å². The van der Waals surface area contributed by atoms with Crippen LogP contribution in [-0.4, -0.2) is 41.5 Å². The molecule has 0 amide bonds. The molecule has 4 heteroatoms. The second kappa shape index (κ2) is 9.54. The van der Waals surface area contributed by atoms with Crippen molar-refractivity contribution in [2.24, 2.45) is 0 Å². The number of nitrogens with zero attached hydrogens (tertiary/aromatic N) is 3. The Kier molecular flexibility index (Phi) is 7.40. The molecule has 0 saturated heterocycles. The minimum absolute atomic E-state index is 0.260. The van der Waals surface area contributed by atoms with E-state index >= 15 is 0 Å². The van der Waals surface area contributed by atoms with Crippen molar-refractivity contribution in [1.29, 1.82) is 0 Å². The van der Waals surface area contributed by atoms with Gasteiger partial charge in [0.25, 0.3) is 0 Å². The Morgan fingerprint density at radius 2 is 1.85 bits per heavy atom. The quantitative estimate of drug-likeness (QED) is 0.650. The summed E-state index contributed by atoms with van der Waals surface area (Å²) in [5.74, 6) is 1.09. The maximum Gasteiger partial charge on any atom is 0.133 e. The highest BCUT2D eigenvalue weighted by atomic mass is 15.4. The first-order valence-electron chi connectivity index (χ1n) is 10.0. The molecule has 2 rings (SSSR count). The Morgan fingerprint density at radius 3 is 2.41 bits per heavy atom. The van der Waals surface area contributed by atoms with Gasteiger partial charge in [-0.15, -0.1) is 0 Å². The van der Waals surface area contributed by atoms with Gasteiger partial charge >= 0.3 is 0 Å². The molecule has 1 N–H and O–H groups in total. The van der Waals surface area contributed by atoms with Gasteiger partial charge in [-0.3, -0.25) is 0 Å². The van der Waals surface area contributed by atoms with Crippen molar-refractivity contribution >= 4 is 0 Å². The fraction of sp³-hybridized carbons (Fsp3) is 0.478. The molecule has 0 fully saturated rings. The Bertz CT molecular complexity index is 674. The van der Waals surface area contributed by atoms with Crippen LogP contribution in [0, 0.1) is 6.92 Å². The molecule has 0 aliphatic carbocycles. The Balaban J connectivity index is 2.43. The number of hydrogen-bond donors (Lipinski definition) is 1. The summed E-state index contributed by atoms with van der Waals surface area (Å²) in [6, 6.07) is 8.82. The minimum Gasteiger partial charge on any atom is -0.373 e. The third-order valence-electron chi connectivity index (χ3n) is 5.15. The van der Waals surface area contributed by atoms with Crippen molar-refractivity contribution in [3.8, 4) is 0 Å². The molecule has 1 aliphatic rings. The molecule has 1 unspecified atom stereocenters. The zero-order valence-electron chi connectivity index (χ0n) is 17.8. The predicted molar refractivity (Wildman–Crippen MR) is 116 cm³/mol. The SMILES string of the molecule is C=CN(C)C1=C(C(=C)N(C)CCC)N(Cc2ccc(C)cc2)C(CCC)N1. The number of nitrogens with one attached hydrogen (secondary N) is 1. The zero-order valence-corrected chi connectivity index (χ0v) is 17.8. The third kappa shape index (κ3) is 4.88. The molecule has 0 spiro atoms. The van der Waals surface area contributed by atoms with Gasteiger partial charge in [-0.25, -0.2) is 0 Å². The highest BCUT2D eigenvalue weighted by Crippen LogP contribution is 2.32. The molecule has 1 atom stereocenters. The van der Waals surface area contributed by atoms with E-state index in [2.05, 4.69) is 85.3 Å². The predicted octanol–water partition coefficient (Wildman–Crippen LogP) is 4.63. The van der Waals surface area contributed by atoms with Gasteiger partial charge in [0.05, 0.1) is 5.70 Å². The molecule has 0 aromatic heterocycles. The van der Waals surface area contributed by atoms with Crippen LogP contribution in [-0.2, 0) is 6.54 Å². The molecule has 4 nitrogen and oxygen atoms in total. The maximum atomic E-state index is 4.45. The van der Waals surface area contributed by atoms with Crippen LogP contribution in [0.2, 0.25) is 0 Å². The lowest BCUT2D eigenvalue weighted by Gasteiger charge is -2.32. The van der Waals surface area contributed by atoms with Crippen LogP contribution in [0.3, 0.4) is 0 Å². The summed E-state index contributed by atoms with van der Waals surface area (Å²) in [5.41, 5.74) is 4.83. The topological polar surface area (TPSA) is 21.8 Å². The monoisotopic (exact) mass is 368 g/mol. The van der Waals surface area contributed by atoms with Crippen LogP contribution in [0.25, 0.3) is 0 Å². The highest BCUT2D eigenvalue weighted by molar-refractivity contribution is 5.36. The molecular weight excluding hydrogens is 332 g/mol. The fourth-order valence-corrected chi connectivity index (χ4v) is 3.49. The van der Waals surface area contributed by atoms with Crippen molar-refractivity contribution < 1.29 is 0 Å². The summed E-state index contributed by atoms with van der Waals surface area (Å²) in [4.78, 5) is 6.79. The van der Waals surface area contributed by atoms with Crippen molar-refractivity contribution in [2.75, 3.05) is 20.6 Å². The van der Waals surface area contributed by atoms with Crippen molar-refractivity contribution in [3.05, 3.63) is 72.0 Å². The molecule has 27 heavy (non-hydrogen) atoms. The Hall–Kier alpha value is -2.36. The molecule has 0 bridgehead atoms. The number of likely N-dealkylation sites (N-methyl/N-ethyl adjacent to an activating group) is 1. The summed E-state index contributed by atoms with van der Waals surface area (Å²) in [7, 11) is 4.17. The minimum atomic E-state index is 0.260. The van der Waals surface area contributed by atoms with E-state index in [0.717, 1.165) is 43.9 Å². The van der Waals surface area contributed by atoms with Crippen LogP contribution in [0.1, 0.15) is 44.2 Å². The standard InChI is InChI=1S/C23H36N4/c1-8-11-21-24-23(25(6)10-3)22(19(5)26(7)16-9-2)27(21)17-20-14-12-18(4)13-15-20/h10,12-15,21,24H,3,5,8-9,11,16-17H2,1-2,4,6-7H3. The van der Waals surface area contributed by atoms with E-state index in [-0.39, 0.29) is 6.17 Å². The molecule has 1 aliphatic heterocycles. The van der Waals surface area contributed by atoms with Crippen LogP contribution in [0.15, 0.2) is 60.8 Å². The van der Waals surface area contributed by atoms with Gasteiger partial charge in [0.1, 0.15) is 17.7 Å². The van der Waals surface area contributed by atoms with E-state index in [0.29, 0.717) is 0 Å². The van der Waals surface area contributed by atoms with Crippen molar-refractivity contribution in [3.63, 3.8) is 0 Å². The molecular formula is C23H36N4. The molecule has 1 heterocycles. The second-order valence-corrected chi connectivity index (χ2v) is 7.42. The molecule has 0 radical (unpaired) electrons. The molecule has 148 valence electrons. The first-order valence-corrected chi connectivity index (χ1v) is 10.0. The number of hydrogen-bond acceptors (Lipinski definition) is 4. The lowest BCUT2D eigenvalue weighted by Crippen LogP contribution is -2.38. The lowest BCUT2D eigenvalue weighted by molar-refractivity contribution is 0.229. The zero-order chi connectivity index (χ0) is 20.0. The van der Waals surface area contributed by atoms with Gasteiger partial charge in [-0.05, 0) is 31.5 Å². The van der Waals surface area contributed by atoms with Gasteiger partial charge in [0.15, 0.2) is 0 Å². The molecule has 0 saturated carbocycles. The van der Waals surface area contributed by atoms with Gasteiger partial charge in [-0.1, -0.05) is 63.3 Å². The Morgan fingerprint density at radius 1 is 1.19 bits per heavy atom. The summed E-state index contributed by atoms with van der Waals surface area (Å²) < 4.78 is 0. The molecule has 1 aromatic carbocycles. The smallest absolute Gasteiger partial charge is 0.133 e. The van der Waals surface area contributed by atoms with E-state index in [1.165, 1.54) is 16.8 Å². The number of aryl methyl sites for hydroxylation is 1. The van der Waals surface area contributed by atoms with E-state index in [1.54, 1.807) is 0 Å². The van der Waals surface area contributed by atoms with Gasteiger partial charge in [0.2, 0.25) is 0 Å². The Labute approximate surface area is 165 Å². The first kappa shape index (κ1) is 20.9. The van der Waals surface area contributed by atoms with Crippen LogP contribution >= 0.6 is 0 Å². The summed E-state index contributed by atoms with van der Waals surface area (Å²) in [6.07, 6.45) is 5.41. The van der Waals surface area contributed by atoms with Gasteiger partial charge in [0, 0.05) is 27.2 Å². The van der Waals surface area contributed by atoms with Crippen LogP contribution < -0.4 is 5.32 Å². The average molecular weight is 369 g/mol. The van der Waals surface area contributed by atoms with E-state index in [4.69, 9.17) is 0 Å². The van der Waals surface area contributed by atoms with Gasteiger partial charge < -0.3 is 20.0 Å². The number of rotatable bonds is 10. The second-order valence-electron chi connectivity index (χ2n) is 7.42. The van der Waals surface area contributed by atoms with Crippen molar-refractivity contribution in [1.82, 2.24) is 20.0 Å². The average Bonchev–Trinajstić information content (AvgIpc) is 3.01. The van der Waals surface area contributed by atoms with E-state index < -0.39 is 0 Å². The largest absolute Gasteiger partial charge is 0.373 e. The molecule has 1 aromatic rings. The lowest BCUT2D eigenvalue weighted by atomic mass is 10.1. The van der Waals surface area contributed by atoms with Crippen LogP contribution in [0.5, 0.6) is 0 Å². The maximum absolute atomic E-state index is 4.45. The van der Waals surface area contributed by atoms with Gasteiger partial charge in [-0.2, -0.15) is 0 Å². The van der Waals surface area contributed by atoms with E-state index in [9.17, 15) is 0 Å². The highest BCUT2D eigenvalue weighted by Gasteiger charge is 2.34. The first-order chi connectivity index (χ1) is 12.9. The fourth-order valence-electron chi connectivity index (χ4n) is 3.49. The summed E-state index contributed by atoms with van der Waals surface area (Å²) in [5, 5.41) is 3.72.